The predicted molar refractivity (Wildman–Crippen MR) is 35.2 cm³/mol. The van der Waals surface area contributed by atoms with Crippen molar-refractivity contribution >= 4 is 17.8 Å². The third-order valence-electron chi connectivity index (χ3n) is 0.500. The molecule has 0 spiro atoms. The fraction of sp³-hybridized carbons (Fsp3) is 1.00. The molecule has 9 heavy (non-hydrogen) atoms. The summed E-state index contributed by atoms with van der Waals surface area (Å²) in [6.45, 7) is 0. The van der Waals surface area contributed by atoms with E-state index in [2.05, 4.69) is 9.19 Å². The van der Waals surface area contributed by atoms with Crippen molar-refractivity contribution < 1.29 is 33.6 Å². The molecule has 0 aromatic rings. The van der Waals surface area contributed by atoms with Crippen LogP contribution < -0.4 is 0 Å². The first kappa shape index (κ1) is 13.0. The Morgan fingerprint density at radius 1 is 1.00 bits per heavy atom. The molecule has 3 nitrogen and oxygen atoms in total. The zero-order valence-corrected chi connectivity index (χ0v) is 9.33. The Morgan fingerprint density at radius 2 is 1.22 bits per heavy atom. The molecule has 0 atom stereocenters. The van der Waals surface area contributed by atoms with Crippen LogP contribution in [0.1, 0.15) is 0 Å². The average Bonchev–Trinajstić information content (AvgIpc) is 1.96. The molecule has 0 aromatic carbocycles. The molecule has 0 unspecified atom stereocenters. The Balaban J connectivity index is 0. The number of rotatable bonds is 3. The van der Waals surface area contributed by atoms with E-state index in [1.165, 1.54) is 0 Å². The summed E-state index contributed by atoms with van der Waals surface area (Å²) in [5.41, 5.74) is 0. The van der Waals surface area contributed by atoms with Crippen LogP contribution in [0.5, 0.6) is 0 Å². The van der Waals surface area contributed by atoms with Crippen molar-refractivity contribution in [1.29, 1.82) is 0 Å². The predicted octanol–water partition coefficient (Wildman–Crippen LogP) is 1.57. The fourth-order valence-electron chi connectivity index (χ4n) is 0.250. The molecule has 0 aliphatic carbocycles. The van der Waals surface area contributed by atoms with E-state index in [1.54, 1.807) is 41.3 Å². The number of hydrogen-bond acceptors (Lipinski definition) is 3. The van der Waals surface area contributed by atoms with Gasteiger partial charge in [0.15, 0.2) is 0 Å². The molecule has 0 fully saturated rings. The Labute approximate surface area is 72.7 Å². The molecule has 0 bridgehead atoms. The third kappa shape index (κ3) is 9.34. The van der Waals surface area contributed by atoms with Crippen LogP contribution in [0.2, 0.25) is 0 Å². The molecule has 0 aliphatic rings. The first-order valence-electron chi connectivity index (χ1n) is 1.95. The van der Waals surface area contributed by atoms with Gasteiger partial charge in [0.25, 0.3) is 0 Å². The molecule has 6 heteroatoms. The van der Waals surface area contributed by atoms with Gasteiger partial charge >= 0.3 is 37.8 Å². The molecule has 0 saturated heterocycles. The summed E-state index contributed by atoms with van der Waals surface area (Å²) in [5.74, 6) is 0. The molecule has 62 valence electrons. The SMILES string of the molecule is CO[PH+](OC)OC.[Cl][Au]. The molecule has 0 aromatic heterocycles. The summed E-state index contributed by atoms with van der Waals surface area (Å²) < 4.78 is 14.1. The van der Waals surface area contributed by atoms with E-state index in [0.717, 1.165) is 0 Å². The first-order valence-corrected chi connectivity index (χ1v) is 5.86. The van der Waals surface area contributed by atoms with Crippen molar-refractivity contribution in [2.75, 3.05) is 21.3 Å². The van der Waals surface area contributed by atoms with Crippen LogP contribution in [0.15, 0.2) is 0 Å². The third-order valence-corrected chi connectivity index (χ3v) is 1.50. The van der Waals surface area contributed by atoms with Crippen LogP contribution in [-0.2, 0) is 33.6 Å². The van der Waals surface area contributed by atoms with E-state index in [0.29, 0.717) is 0 Å². The molecular weight excluding hydrogens is 347 g/mol. The second-order valence-corrected chi connectivity index (χ2v) is 2.59. The van der Waals surface area contributed by atoms with Gasteiger partial charge in [-0.15, -0.1) is 0 Å². The van der Waals surface area contributed by atoms with Gasteiger partial charge in [0.2, 0.25) is 0 Å². The summed E-state index contributed by atoms with van der Waals surface area (Å²) >= 11 is 1.75. The Kier molecular flexibility index (Phi) is 17.4. The average molecular weight is 358 g/mol. The van der Waals surface area contributed by atoms with Crippen LogP contribution in [0, 0.1) is 0 Å². The summed E-state index contributed by atoms with van der Waals surface area (Å²) in [4.78, 5) is 0. The fourth-order valence-corrected chi connectivity index (χ4v) is 0.750. The van der Waals surface area contributed by atoms with Crippen LogP contribution in [0.25, 0.3) is 0 Å². The van der Waals surface area contributed by atoms with Crippen molar-refractivity contribution in [2.45, 2.75) is 0 Å². The normalized spacial score (nSPS) is 8.78. The van der Waals surface area contributed by atoms with Gasteiger partial charge < -0.3 is 0 Å². The second kappa shape index (κ2) is 12.1. The van der Waals surface area contributed by atoms with Gasteiger partial charge in [-0.1, -0.05) is 0 Å². The van der Waals surface area contributed by atoms with Crippen LogP contribution in [0.3, 0.4) is 0 Å². The number of halogens is 1. The van der Waals surface area contributed by atoms with Crippen LogP contribution >= 0.6 is 17.8 Å². The van der Waals surface area contributed by atoms with E-state index >= 15 is 0 Å². The van der Waals surface area contributed by atoms with Crippen molar-refractivity contribution in [3.63, 3.8) is 0 Å². The van der Waals surface area contributed by atoms with E-state index < -0.39 is 8.60 Å². The zero-order valence-electron chi connectivity index (χ0n) is 5.40. The van der Waals surface area contributed by atoms with E-state index in [-0.39, 0.29) is 0 Å². The van der Waals surface area contributed by atoms with Gasteiger partial charge in [-0.05, 0) is 0 Å². The summed E-state index contributed by atoms with van der Waals surface area (Å²) in [5, 5.41) is 0. The maximum atomic E-state index is 4.71. The maximum absolute atomic E-state index is 4.71. The molecule has 0 amide bonds. The zero-order chi connectivity index (χ0) is 7.70. The topological polar surface area (TPSA) is 27.7 Å². The number of hydrogen-bond donors (Lipinski definition) is 0. The van der Waals surface area contributed by atoms with Gasteiger partial charge in [0, 0.05) is 0 Å². The van der Waals surface area contributed by atoms with Crippen molar-refractivity contribution in [3.8, 4) is 0 Å². The molecular formula is C3H10AuClO3P+. The monoisotopic (exact) mass is 357 g/mol. The second-order valence-electron chi connectivity index (χ2n) is 0.862. The molecule has 0 heterocycles. The van der Waals surface area contributed by atoms with E-state index in [9.17, 15) is 0 Å². The van der Waals surface area contributed by atoms with Gasteiger partial charge in [-0.3, -0.25) is 0 Å². The Hall–Kier alpha value is 1.34. The van der Waals surface area contributed by atoms with E-state index in [4.69, 9.17) is 13.6 Å². The van der Waals surface area contributed by atoms with Gasteiger partial charge in [0.1, 0.15) is 0 Å². The first-order chi connectivity index (χ1) is 4.35. The Bertz CT molecular complexity index is 40.5. The van der Waals surface area contributed by atoms with Crippen LogP contribution in [-0.4, -0.2) is 21.3 Å². The van der Waals surface area contributed by atoms with Crippen LogP contribution in [0.4, 0.5) is 0 Å². The molecule has 0 rings (SSSR count). The van der Waals surface area contributed by atoms with Crippen molar-refractivity contribution in [3.05, 3.63) is 0 Å². The molecule has 0 radical (unpaired) electrons. The summed E-state index contributed by atoms with van der Waals surface area (Å²) in [6, 6.07) is 0. The summed E-state index contributed by atoms with van der Waals surface area (Å²) in [6.07, 6.45) is 0. The van der Waals surface area contributed by atoms with Crippen molar-refractivity contribution in [1.82, 2.24) is 0 Å². The van der Waals surface area contributed by atoms with E-state index in [1.807, 2.05) is 0 Å². The molecule has 0 saturated carbocycles. The minimum absolute atomic E-state index is 1.36. The summed E-state index contributed by atoms with van der Waals surface area (Å²) in [7, 11) is 7.89. The quantitative estimate of drug-likeness (QED) is 0.567. The molecule has 0 N–H and O–H groups in total. The molecule has 0 aliphatic heterocycles. The van der Waals surface area contributed by atoms with Gasteiger partial charge in [-0.2, -0.15) is 13.6 Å². The van der Waals surface area contributed by atoms with Crippen molar-refractivity contribution in [2.24, 2.45) is 0 Å². The standard InChI is InChI=1S/C3H10O3P.Au.ClH/c1-4-7(5-2)6-3;;/h7H,1-3H3;;1H/q2*+1;/p-1. The Morgan fingerprint density at radius 3 is 1.22 bits per heavy atom. The minimum atomic E-state index is -1.36. The van der Waals surface area contributed by atoms with Gasteiger partial charge in [0.05, 0.1) is 21.3 Å². The van der Waals surface area contributed by atoms with Gasteiger partial charge in [-0.25, -0.2) is 0 Å².